The molecule has 0 fully saturated rings. The van der Waals surface area contributed by atoms with Crippen LogP contribution in [0.3, 0.4) is 0 Å². The molecule has 0 aliphatic rings. The van der Waals surface area contributed by atoms with Crippen molar-refractivity contribution in [3.63, 3.8) is 0 Å². The monoisotopic (exact) mass is 272 g/mol. The van der Waals surface area contributed by atoms with Crippen molar-refractivity contribution in [2.24, 2.45) is 0 Å². The Labute approximate surface area is 117 Å². The summed E-state index contributed by atoms with van der Waals surface area (Å²) in [7, 11) is 1.51. The predicted octanol–water partition coefficient (Wildman–Crippen LogP) is 2.75. The van der Waals surface area contributed by atoms with Gasteiger partial charge in [0, 0.05) is 18.0 Å². The van der Waals surface area contributed by atoms with Gasteiger partial charge in [-0.15, -0.1) is 0 Å². The van der Waals surface area contributed by atoms with Crippen molar-refractivity contribution in [3.8, 4) is 22.9 Å². The highest BCUT2D eigenvalue weighted by Gasteiger charge is 2.11. The smallest absolute Gasteiger partial charge is 0.316 e. The van der Waals surface area contributed by atoms with E-state index in [2.05, 4.69) is 9.97 Å². The molecule has 1 aromatic carbocycles. The Hall–Kier alpha value is -2.43. The third-order valence-electron chi connectivity index (χ3n) is 2.80. The number of carbonyl (C=O) groups is 1. The van der Waals surface area contributed by atoms with E-state index in [0.29, 0.717) is 23.9 Å². The molecule has 0 N–H and O–H groups in total. The standard InChI is InChI=1S/C15H16N2O3/c1-4-20-14-6-5-11(7-13(14)10(2)18)12-8-16-15(19-3)17-9-12/h5-9H,4H2,1-3H3. The van der Waals surface area contributed by atoms with Crippen LogP contribution in [0.1, 0.15) is 24.2 Å². The number of carbonyl (C=O) groups excluding carboxylic acids is 1. The van der Waals surface area contributed by atoms with Gasteiger partial charge in [-0.05, 0) is 31.5 Å². The molecular weight excluding hydrogens is 256 g/mol. The highest BCUT2D eigenvalue weighted by Crippen LogP contribution is 2.27. The Bertz CT molecular complexity index is 609. The van der Waals surface area contributed by atoms with Crippen LogP contribution in [-0.2, 0) is 0 Å². The van der Waals surface area contributed by atoms with E-state index in [-0.39, 0.29) is 5.78 Å². The van der Waals surface area contributed by atoms with Gasteiger partial charge in [0.1, 0.15) is 5.75 Å². The summed E-state index contributed by atoms with van der Waals surface area (Å²) in [6.07, 6.45) is 3.32. The maximum Gasteiger partial charge on any atom is 0.316 e. The SMILES string of the molecule is CCOc1ccc(-c2cnc(OC)nc2)cc1C(C)=O. The largest absolute Gasteiger partial charge is 0.493 e. The van der Waals surface area contributed by atoms with E-state index in [4.69, 9.17) is 9.47 Å². The second-order valence-electron chi connectivity index (χ2n) is 4.16. The van der Waals surface area contributed by atoms with Gasteiger partial charge in [-0.3, -0.25) is 4.79 Å². The number of ketones is 1. The van der Waals surface area contributed by atoms with Crippen molar-refractivity contribution in [1.29, 1.82) is 0 Å². The second kappa shape index (κ2) is 6.14. The molecule has 104 valence electrons. The number of benzene rings is 1. The molecule has 0 spiro atoms. The average Bonchev–Trinajstić information content (AvgIpc) is 2.48. The summed E-state index contributed by atoms with van der Waals surface area (Å²) in [5.74, 6) is 0.558. The molecule has 5 nitrogen and oxygen atoms in total. The third kappa shape index (κ3) is 2.93. The Morgan fingerprint density at radius 2 is 1.90 bits per heavy atom. The van der Waals surface area contributed by atoms with E-state index in [9.17, 15) is 4.79 Å². The second-order valence-corrected chi connectivity index (χ2v) is 4.16. The van der Waals surface area contributed by atoms with Crippen LogP contribution in [-0.4, -0.2) is 29.5 Å². The Balaban J connectivity index is 2.41. The molecule has 2 rings (SSSR count). The van der Waals surface area contributed by atoms with Crippen molar-refractivity contribution in [2.45, 2.75) is 13.8 Å². The number of ether oxygens (including phenoxy) is 2. The average molecular weight is 272 g/mol. The van der Waals surface area contributed by atoms with Crippen molar-refractivity contribution in [2.75, 3.05) is 13.7 Å². The van der Waals surface area contributed by atoms with Gasteiger partial charge >= 0.3 is 6.01 Å². The molecule has 0 saturated heterocycles. The van der Waals surface area contributed by atoms with Crippen molar-refractivity contribution in [1.82, 2.24) is 9.97 Å². The van der Waals surface area contributed by atoms with Gasteiger partial charge in [0.25, 0.3) is 0 Å². The van der Waals surface area contributed by atoms with Gasteiger partial charge in [-0.1, -0.05) is 6.07 Å². The summed E-state index contributed by atoms with van der Waals surface area (Å²) < 4.78 is 10.4. The number of rotatable bonds is 5. The summed E-state index contributed by atoms with van der Waals surface area (Å²) in [5, 5.41) is 0. The van der Waals surface area contributed by atoms with E-state index in [0.717, 1.165) is 11.1 Å². The fourth-order valence-electron chi connectivity index (χ4n) is 1.84. The summed E-state index contributed by atoms with van der Waals surface area (Å²) >= 11 is 0. The van der Waals surface area contributed by atoms with Crippen molar-refractivity contribution < 1.29 is 14.3 Å². The van der Waals surface area contributed by atoms with Crippen LogP contribution in [0.25, 0.3) is 11.1 Å². The summed E-state index contributed by atoms with van der Waals surface area (Å²) in [6, 6.07) is 5.77. The van der Waals surface area contributed by atoms with Gasteiger partial charge in [-0.2, -0.15) is 0 Å². The van der Waals surface area contributed by atoms with E-state index in [1.165, 1.54) is 14.0 Å². The zero-order valence-corrected chi connectivity index (χ0v) is 11.7. The number of Topliss-reactive ketones (excluding diaryl/α,β-unsaturated/α-hetero) is 1. The number of nitrogens with zero attached hydrogens (tertiary/aromatic N) is 2. The molecule has 0 saturated carbocycles. The molecule has 20 heavy (non-hydrogen) atoms. The molecule has 5 heteroatoms. The topological polar surface area (TPSA) is 61.3 Å². The van der Waals surface area contributed by atoms with Gasteiger partial charge in [0.05, 0.1) is 19.3 Å². The quantitative estimate of drug-likeness (QED) is 0.783. The number of aromatic nitrogens is 2. The number of hydrogen-bond acceptors (Lipinski definition) is 5. The Kier molecular flexibility index (Phi) is 4.30. The lowest BCUT2D eigenvalue weighted by Crippen LogP contribution is -2.01. The minimum Gasteiger partial charge on any atom is -0.493 e. The summed E-state index contributed by atoms with van der Waals surface area (Å²) in [4.78, 5) is 19.8. The lowest BCUT2D eigenvalue weighted by Gasteiger charge is -2.10. The molecule has 0 atom stereocenters. The van der Waals surface area contributed by atoms with Crippen LogP contribution in [0.5, 0.6) is 11.8 Å². The Morgan fingerprint density at radius 1 is 1.20 bits per heavy atom. The first-order valence-electron chi connectivity index (χ1n) is 6.30. The van der Waals surface area contributed by atoms with Gasteiger partial charge in [0.2, 0.25) is 0 Å². The van der Waals surface area contributed by atoms with Gasteiger partial charge in [-0.25, -0.2) is 9.97 Å². The van der Waals surface area contributed by atoms with Crippen molar-refractivity contribution >= 4 is 5.78 Å². The van der Waals surface area contributed by atoms with E-state index in [1.807, 2.05) is 13.0 Å². The molecule has 0 aliphatic carbocycles. The fourth-order valence-corrected chi connectivity index (χ4v) is 1.84. The van der Waals surface area contributed by atoms with E-state index in [1.54, 1.807) is 24.5 Å². The van der Waals surface area contributed by atoms with Crippen molar-refractivity contribution in [3.05, 3.63) is 36.2 Å². The molecule has 1 aromatic heterocycles. The lowest BCUT2D eigenvalue weighted by atomic mass is 10.0. The summed E-state index contributed by atoms with van der Waals surface area (Å²) in [5.41, 5.74) is 2.23. The van der Waals surface area contributed by atoms with E-state index < -0.39 is 0 Å². The molecule has 2 aromatic rings. The van der Waals surface area contributed by atoms with Crippen LogP contribution in [0.4, 0.5) is 0 Å². The molecule has 0 amide bonds. The minimum absolute atomic E-state index is 0.0373. The van der Waals surface area contributed by atoms with Crippen LogP contribution in [0.2, 0.25) is 0 Å². The zero-order valence-electron chi connectivity index (χ0n) is 11.7. The summed E-state index contributed by atoms with van der Waals surface area (Å²) in [6.45, 7) is 3.92. The Morgan fingerprint density at radius 3 is 2.45 bits per heavy atom. The van der Waals surface area contributed by atoms with Gasteiger partial charge in [0.15, 0.2) is 5.78 Å². The first-order chi connectivity index (χ1) is 9.65. The van der Waals surface area contributed by atoms with E-state index >= 15 is 0 Å². The maximum atomic E-state index is 11.7. The minimum atomic E-state index is -0.0373. The van der Waals surface area contributed by atoms with Crippen LogP contribution >= 0.6 is 0 Å². The first-order valence-corrected chi connectivity index (χ1v) is 6.30. The molecule has 0 unspecified atom stereocenters. The lowest BCUT2D eigenvalue weighted by molar-refractivity contribution is 0.101. The predicted molar refractivity (Wildman–Crippen MR) is 75.2 cm³/mol. The first kappa shape index (κ1) is 14.0. The highest BCUT2D eigenvalue weighted by atomic mass is 16.5. The van der Waals surface area contributed by atoms with Gasteiger partial charge < -0.3 is 9.47 Å². The number of hydrogen-bond donors (Lipinski definition) is 0. The molecule has 0 bridgehead atoms. The highest BCUT2D eigenvalue weighted by molar-refractivity contribution is 5.98. The zero-order chi connectivity index (χ0) is 14.5. The maximum absolute atomic E-state index is 11.7. The normalized spacial score (nSPS) is 10.2. The van der Waals surface area contributed by atoms with Crippen LogP contribution in [0, 0.1) is 0 Å². The molecule has 1 heterocycles. The fraction of sp³-hybridized carbons (Fsp3) is 0.267. The third-order valence-corrected chi connectivity index (χ3v) is 2.80. The molecule has 0 aliphatic heterocycles. The van der Waals surface area contributed by atoms with Crippen LogP contribution in [0.15, 0.2) is 30.6 Å². The molecular formula is C15H16N2O3. The molecule has 0 radical (unpaired) electrons. The van der Waals surface area contributed by atoms with Crippen LogP contribution < -0.4 is 9.47 Å². The number of methoxy groups -OCH3 is 1.